The lowest BCUT2D eigenvalue weighted by molar-refractivity contribution is 0.415. The van der Waals surface area contributed by atoms with E-state index in [9.17, 15) is 0 Å². The lowest BCUT2D eigenvalue weighted by atomic mass is 9.96. The largest absolute Gasteiger partial charge is 0.496 e. The maximum Gasteiger partial charge on any atom is 0.126 e. The molecule has 0 spiro atoms. The van der Waals surface area contributed by atoms with E-state index in [1.807, 2.05) is 0 Å². The van der Waals surface area contributed by atoms with Crippen molar-refractivity contribution in [2.24, 2.45) is 0 Å². The molecule has 1 nitrogen and oxygen atoms in total. The highest BCUT2D eigenvalue weighted by Crippen LogP contribution is 2.33. The quantitative estimate of drug-likeness (QED) is 0.742. The van der Waals surface area contributed by atoms with Gasteiger partial charge in [0.2, 0.25) is 0 Å². The van der Waals surface area contributed by atoms with Gasteiger partial charge in [-0.05, 0) is 35.1 Å². The summed E-state index contributed by atoms with van der Waals surface area (Å²) in [6, 6.07) is 15.2. The Kier molecular flexibility index (Phi) is 4.26. The molecule has 0 saturated carbocycles. The lowest BCUT2D eigenvalue weighted by Crippen LogP contribution is -1.93. The van der Waals surface area contributed by atoms with E-state index in [2.05, 4.69) is 63.2 Å². The fraction of sp³-hybridized carbons (Fsp3) is 0.333. The van der Waals surface area contributed by atoms with Crippen LogP contribution in [0.25, 0.3) is 11.1 Å². The first-order chi connectivity index (χ1) is 9.15. The fourth-order valence-corrected chi connectivity index (χ4v) is 2.26. The maximum atomic E-state index is 5.56. The van der Waals surface area contributed by atoms with Crippen LogP contribution in [0.3, 0.4) is 0 Å². The highest BCUT2D eigenvalue weighted by molar-refractivity contribution is 5.71. The first kappa shape index (κ1) is 13.7. The normalized spacial score (nSPS) is 10.8. The Bertz CT molecular complexity index is 555. The van der Waals surface area contributed by atoms with Gasteiger partial charge in [0.15, 0.2) is 0 Å². The molecule has 100 valence electrons. The Morgan fingerprint density at radius 2 is 1.84 bits per heavy atom. The molecule has 0 N–H and O–H groups in total. The van der Waals surface area contributed by atoms with Crippen molar-refractivity contribution in [3.8, 4) is 16.9 Å². The van der Waals surface area contributed by atoms with Crippen LogP contribution in [0, 0.1) is 0 Å². The Balaban J connectivity index is 2.49. The van der Waals surface area contributed by atoms with Gasteiger partial charge in [0, 0.05) is 5.56 Å². The van der Waals surface area contributed by atoms with Crippen molar-refractivity contribution in [1.82, 2.24) is 0 Å². The summed E-state index contributed by atoms with van der Waals surface area (Å²) in [6.07, 6.45) is 1.06. The molecule has 0 heterocycles. The van der Waals surface area contributed by atoms with Crippen LogP contribution in [0.5, 0.6) is 5.75 Å². The molecule has 0 aromatic heterocycles. The highest BCUT2D eigenvalue weighted by Gasteiger charge is 2.09. The van der Waals surface area contributed by atoms with Crippen LogP contribution in [0.1, 0.15) is 37.8 Å². The molecule has 0 fully saturated rings. The Labute approximate surface area is 116 Å². The van der Waals surface area contributed by atoms with Crippen molar-refractivity contribution < 1.29 is 4.74 Å². The summed E-state index contributed by atoms with van der Waals surface area (Å²) in [5, 5.41) is 0. The molecule has 0 aliphatic carbocycles. The third-order valence-electron chi connectivity index (χ3n) is 3.54. The Hall–Kier alpha value is -1.76. The fourth-order valence-electron chi connectivity index (χ4n) is 2.26. The second-order valence-corrected chi connectivity index (χ2v) is 5.17. The van der Waals surface area contributed by atoms with E-state index in [-0.39, 0.29) is 0 Å². The van der Waals surface area contributed by atoms with E-state index in [4.69, 9.17) is 4.74 Å². The molecule has 2 aromatic rings. The molecule has 0 radical (unpaired) electrons. The van der Waals surface area contributed by atoms with Gasteiger partial charge in [-0.25, -0.2) is 0 Å². The van der Waals surface area contributed by atoms with E-state index < -0.39 is 0 Å². The molecule has 0 bridgehead atoms. The van der Waals surface area contributed by atoms with Crippen molar-refractivity contribution in [3.05, 3.63) is 53.6 Å². The average Bonchev–Trinajstić information content (AvgIpc) is 2.46. The standard InChI is InChI=1S/C18H22O/c1-5-14-7-6-8-16(11-14)17-10-9-15(13(2)3)12-18(17)19-4/h6-13H,5H2,1-4H3. The van der Waals surface area contributed by atoms with Crippen LogP contribution in [-0.4, -0.2) is 7.11 Å². The predicted octanol–water partition coefficient (Wildman–Crippen LogP) is 5.05. The number of rotatable bonds is 4. The van der Waals surface area contributed by atoms with E-state index in [1.165, 1.54) is 22.3 Å². The number of hydrogen-bond donors (Lipinski definition) is 0. The van der Waals surface area contributed by atoms with Gasteiger partial charge in [-0.2, -0.15) is 0 Å². The molecule has 19 heavy (non-hydrogen) atoms. The maximum absolute atomic E-state index is 5.56. The molecule has 0 unspecified atom stereocenters. The van der Waals surface area contributed by atoms with Crippen LogP contribution >= 0.6 is 0 Å². The zero-order chi connectivity index (χ0) is 13.8. The minimum absolute atomic E-state index is 0.518. The number of aryl methyl sites for hydroxylation is 1. The monoisotopic (exact) mass is 254 g/mol. The molecular weight excluding hydrogens is 232 g/mol. The first-order valence-corrected chi connectivity index (χ1v) is 6.93. The minimum Gasteiger partial charge on any atom is -0.496 e. The second-order valence-electron chi connectivity index (χ2n) is 5.17. The van der Waals surface area contributed by atoms with Crippen LogP contribution in [0.15, 0.2) is 42.5 Å². The van der Waals surface area contributed by atoms with Gasteiger partial charge in [-0.15, -0.1) is 0 Å². The van der Waals surface area contributed by atoms with Crippen molar-refractivity contribution in [1.29, 1.82) is 0 Å². The van der Waals surface area contributed by atoms with Gasteiger partial charge in [0.1, 0.15) is 5.75 Å². The van der Waals surface area contributed by atoms with Crippen molar-refractivity contribution in [2.75, 3.05) is 7.11 Å². The smallest absolute Gasteiger partial charge is 0.126 e. The zero-order valence-corrected chi connectivity index (χ0v) is 12.2. The van der Waals surface area contributed by atoms with Gasteiger partial charge in [0.05, 0.1) is 7.11 Å². The van der Waals surface area contributed by atoms with Crippen LogP contribution in [-0.2, 0) is 6.42 Å². The van der Waals surface area contributed by atoms with Gasteiger partial charge in [0.25, 0.3) is 0 Å². The van der Waals surface area contributed by atoms with E-state index in [0.717, 1.165) is 12.2 Å². The number of benzene rings is 2. The molecule has 0 aliphatic heterocycles. The third kappa shape index (κ3) is 2.98. The SMILES string of the molecule is CCc1cccc(-c2ccc(C(C)C)cc2OC)c1. The van der Waals surface area contributed by atoms with E-state index in [1.54, 1.807) is 7.11 Å². The molecule has 2 aromatic carbocycles. The summed E-state index contributed by atoms with van der Waals surface area (Å²) < 4.78 is 5.56. The van der Waals surface area contributed by atoms with Gasteiger partial charge < -0.3 is 4.74 Å². The lowest BCUT2D eigenvalue weighted by Gasteiger charge is -2.13. The third-order valence-corrected chi connectivity index (χ3v) is 3.54. The number of methoxy groups -OCH3 is 1. The van der Waals surface area contributed by atoms with Crippen LogP contribution < -0.4 is 4.74 Å². The predicted molar refractivity (Wildman–Crippen MR) is 81.9 cm³/mol. The van der Waals surface area contributed by atoms with E-state index in [0.29, 0.717) is 5.92 Å². The number of hydrogen-bond acceptors (Lipinski definition) is 1. The van der Waals surface area contributed by atoms with Crippen molar-refractivity contribution in [3.63, 3.8) is 0 Å². The Morgan fingerprint density at radius 1 is 1.05 bits per heavy atom. The summed E-state index contributed by atoms with van der Waals surface area (Å²) in [5.41, 5.74) is 5.06. The first-order valence-electron chi connectivity index (χ1n) is 6.93. The van der Waals surface area contributed by atoms with Gasteiger partial charge >= 0.3 is 0 Å². The summed E-state index contributed by atoms with van der Waals surface area (Å²) in [7, 11) is 1.74. The summed E-state index contributed by atoms with van der Waals surface area (Å²) in [4.78, 5) is 0. The van der Waals surface area contributed by atoms with Crippen molar-refractivity contribution >= 4 is 0 Å². The van der Waals surface area contributed by atoms with Crippen LogP contribution in [0.2, 0.25) is 0 Å². The molecule has 0 aliphatic rings. The highest BCUT2D eigenvalue weighted by atomic mass is 16.5. The average molecular weight is 254 g/mol. The van der Waals surface area contributed by atoms with Crippen LogP contribution in [0.4, 0.5) is 0 Å². The summed E-state index contributed by atoms with van der Waals surface area (Å²) in [5.74, 6) is 1.48. The molecular formula is C18H22O. The Morgan fingerprint density at radius 3 is 2.47 bits per heavy atom. The molecule has 0 saturated heterocycles. The molecule has 0 atom stereocenters. The number of ether oxygens (including phenoxy) is 1. The molecule has 1 heteroatoms. The van der Waals surface area contributed by atoms with Gasteiger partial charge in [-0.1, -0.05) is 57.2 Å². The van der Waals surface area contributed by atoms with Gasteiger partial charge in [-0.3, -0.25) is 0 Å². The van der Waals surface area contributed by atoms with E-state index >= 15 is 0 Å². The summed E-state index contributed by atoms with van der Waals surface area (Å²) in [6.45, 7) is 6.58. The molecule has 2 rings (SSSR count). The second kappa shape index (κ2) is 5.92. The zero-order valence-electron chi connectivity index (χ0n) is 12.2. The topological polar surface area (TPSA) is 9.23 Å². The minimum atomic E-state index is 0.518. The summed E-state index contributed by atoms with van der Waals surface area (Å²) >= 11 is 0. The molecule has 0 amide bonds. The van der Waals surface area contributed by atoms with Crippen molar-refractivity contribution in [2.45, 2.75) is 33.1 Å².